The molecule has 1 heterocycles. The molecule has 0 unspecified atom stereocenters. The van der Waals surface area contributed by atoms with Crippen LogP contribution >= 0.6 is 46.4 Å². The number of methoxy groups -OCH3 is 1. The number of hydrogen-bond donors (Lipinski definition) is 0. The molecule has 6 heteroatoms. The van der Waals surface area contributed by atoms with E-state index in [9.17, 15) is 0 Å². The first-order valence-electron chi connectivity index (χ1n) is 4.87. The fraction of sp³-hybridized carbons (Fsp3) is 0.0833. The number of hydrogen-bond acceptors (Lipinski definition) is 2. The topological polar surface area (TPSA) is 22.1 Å². The molecule has 0 radical (unpaired) electrons. The van der Waals surface area contributed by atoms with Crippen LogP contribution in [0.3, 0.4) is 0 Å². The molecular formula is C12H7Cl4NO. The van der Waals surface area contributed by atoms with Gasteiger partial charge in [-0.1, -0.05) is 46.4 Å². The molecule has 2 nitrogen and oxygen atoms in total. The summed E-state index contributed by atoms with van der Waals surface area (Å²) < 4.78 is 4.99. The van der Waals surface area contributed by atoms with Crippen molar-refractivity contribution in [2.75, 3.05) is 7.11 Å². The summed E-state index contributed by atoms with van der Waals surface area (Å²) in [6.07, 6.45) is 1.63. The molecule has 0 aliphatic rings. The quantitative estimate of drug-likeness (QED) is 0.693. The van der Waals surface area contributed by atoms with Crippen LogP contribution < -0.4 is 4.74 Å². The molecule has 0 amide bonds. The van der Waals surface area contributed by atoms with Crippen LogP contribution in [0.1, 0.15) is 0 Å². The van der Waals surface area contributed by atoms with Gasteiger partial charge >= 0.3 is 0 Å². The number of benzene rings is 1. The molecule has 0 aliphatic heterocycles. The van der Waals surface area contributed by atoms with Gasteiger partial charge in [-0.3, -0.25) is 0 Å². The van der Waals surface area contributed by atoms with E-state index in [1.165, 1.54) is 7.11 Å². The summed E-state index contributed by atoms with van der Waals surface area (Å²) in [6, 6.07) is 5.13. The maximum Gasteiger partial charge on any atom is 0.232 e. The van der Waals surface area contributed by atoms with E-state index in [0.717, 1.165) is 11.1 Å². The second-order valence-corrected chi connectivity index (χ2v) is 5.07. The fourth-order valence-corrected chi connectivity index (χ4v) is 2.30. The van der Waals surface area contributed by atoms with Crippen molar-refractivity contribution in [3.8, 4) is 17.0 Å². The lowest BCUT2D eigenvalue weighted by Crippen LogP contribution is -1.89. The summed E-state index contributed by atoms with van der Waals surface area (Å²) in [5, 5.41) is 1.50. The largest absolute Gasteiger partial charge is 0.480 e. The molecule has 1 aromatic heterocycles. The number of rotatable bonds is 2. The molecule has 0 aliphatic carbocycles. The Balaban J connectivity index is 2.52. The highest BCUT2D eigenvalue weighted by Crippen LogP contribution is 2.36. The minimum Gasteiger partial charge on any atom is -0.480 e. The predicted octanol–water partition coefficient (Wildman–Crippen LogP) is 5.37. The molecule has 94 valence electrons. The Kier molecular flexibility index (Phi) is 4.23. The molecule has 0 saturated carbocycles. The predicted molar refractivity (Wildman–Crippen MR) is 76.3 cm³/mol. The molecule has 0 spiro atoms. The van der Waals surface area contributed by atoms with Gasteiger partial charge < -0.3 is 4.74 Å². The zero-order valence-electron chi connectivity index (χ0n) is 9.18. The van der Waals surface area contributed by atoms with Gasteiger partial charge in [-0.15, -0.1) is 0 Å². The van der Waals surface area contributed by atoms with Gasteiger partial charge in [-0.05, 0) is 23.8 Å². The van der Waals surface area contributed by atoms with Crippen LogP contribution in [0.25, 0.3) is 11.1 Å². The number of ether oxygens (including phenoxy) is 1. The second-order valence-electron chi connectivity index (χ2n) is 3.47. The minimum absolute atomic E-state index is 0.328. The van der Waals surface area contributed by atoms with Gasteiger partial charge in [-0.2, -0.15) is 0 Å². The van der Waals surface area contributed by atoms with E-state index in [1.807, 2.05) is 0 Å². The van der Waals surface area contributed by atoms with Gasteiger partial charge in [0.15, 0.2) is 0 Å². The Morgan fingerprint density at radius 2 is 1.44 bits per heavy atom. The first-order valence-corrected chi connectivity index (χ1v) is 6.38. The van der Waals surface area contributed by atoms with Crippen LogP contribution in [-0.2, 0) is 0 Å². The Morgan fingerprint density at radius 3 is 1.94 bits per heavy atom. The van der Waals surface area contributed by atoms with Gasteiger partial charge in [0.1, 0.15) is 5.02 Å². The van der Waals surface area contributed by atoms with Crippen LogP contribution in [0.4, 0.5) is 0 Å². The van der Waals surface area contributed by atoms with Crippen molar-refractivity contribution >= 4 is 46.4 Å². The number of aromatic nitrogens is 1. The van der Waals surface area contributed by atoms with Gasteiger partial charge in [0.25, 0.3) is 0 Å². The van der Waals surface area contributed by atoms with Crippen molar-refractivity contribution in [2.24, 2.45) is 0 Å². The van der Waals surface area contributed by atoms with Crippen molar-refractivity contribution in [3.05, 3.63) is 44.5 Å². The molecule has 2 rings (SSSR count). The second kappa shape index (κ2) is 5.54. The van der Waals surface area contributed by atoms with Crippen LogP contribution in [0.15, 0.2) is 24.4 Å². The van der Waals surface area contributed by atoms with E-state index >= 15 is 0 Å². The van der Waals surface area contributed by atoms with Crippen LogP contribution in [-0.4, -0.2) is 12.1 Å². The average Bonchev–Trinajstić information content (AvgIpc) is 2.35. The minimum atomic E-state index is 0.328. The maximum absolute atomic E-state index is 6.01. The monoisotopic (exact) mass is 321 g/mol. The Morgan fingerprint density at radius 1 is 0.889 bits per heavy atom. The molecular weight excluding hydrogens is 316 g/mol. The number of nitrogens with zero attached hydrogens (tertiary/aromatic N) is 1. The third-order valence-corrected chi connectivity index (χ3v) is 3.79. The first kappa shape index (κ1) is 13.8. The Hall–Kier alpha value is -0.670. The summed E-state index contributed by atoms with van der Waals surface area (Å²) in [5.74, 6) is 0.367. The van der Waals surface area contributed by atoms with Crippen LogP contribution in [0, 0.1) is 0 Å². The highest BCUT2D eigenvalue weighted by atomic mass is 35.5. The summed E-state index contributed by atoms with van der Waals surface area (Å²) >= 11 is 23.8. The van der Waals surface area contributed by atoms with E-state index < -0.39 is 0 Å². The van der Waals surface area contributed by atoms with E-state index in [2.05, 4.69) is 4.98 Å². The van der Waals surface area contributed by atoms with E-state index in [4.69, 9.17) is 51.1 Å². The highest BCUT2D eigenvalue weighted by molar-refractivity contribution is 6.48. The molecule has 1 aromatic carbocycles. The Bertz CT molecular complexity index is 578. The van der Waals surface area contributed by atoms with E-state index in [-0.39, 0.29) is 0 Å². The smallest absolute Gasteiger partial charge is 0.232 e. The van der Waals surface area contributed by atoms with Crippen molar-refractivity contribution in [1.82, 2.24) is 4.98 Å². The third-order valence-electron chi connectivity index (χ3n) is 2.32. The molecule has 2 aromatic rings. The third kappa shape index (κ3) is 2.67. The summed E-state index contributed by atoms with van der Waals surface area (Å²) in [5.41, 5.74) is 1.56. The molecule has 0 saturated heterocycles. The molecule has 0 bridgehead atoms. The Labute approximate surface area is 124 Å². The SMILES string of the molecule is COc1ncc(-c2cc(Cl)c(Cl)c(Cl)c2)cc1Cl. The summed E-state index contributed by atoms with van der Waals surface area (Å²) in [4.78, 5) is 4.08. The van der Waals surface area contributed by atoms with Gasteiger partial charge in [-0.25, -0.2) is 4.98 Å². The van der Waals surface area contributed by atoms with Gasteiger partial charge in [0.2, 0.25) is 5.88 Å². The summed E-state index contributed by atoms with van der Waals surface area (Å²) in [7, 11) is 1.50. The average molecular weight is 323 g/mol. The summed E-state index contributed by atoms with van der Waals surface area (Å²) in [6.45, 7) is 0. The first-order chi connectivity index (χ1) is 8.52. The lowest BCUT2D eigenvalue weighted by molar-refractivity contribution is 0.398. The van der Waals surface area contributed by atoms with Crippen molar-refractivity contribution < 1.29 is 4.74 Å². The highest BCUT2D eigenvalue weighted by Gasteiger charge is 2.10. The molecule has 0 N–H and O–H groups in total. The van der Waals surface area contributed by atoms with E-state index in [0.29, 0.717) is 26.0 Å². The normalized spacial score (nSPS) is 10.5. The van der Waals surface area contributed by atoms with Crippen molar-refractivity contribution in [2.45, 2.75) is 0 Å². The zero-order chi connectivity index (χ0) is 13.3. The zero-order valence-corrected chi connectivity index (χ0v) is 12.2. The lowest BCUT2D eigenvalue weighted by atomic mass is 10.1. The van der Waals surface area contributed by atoms with Crippen molar-refractivity contribution in [1.29, 1.82) is 0 Å². The molecule has 0 fully saturated rings. The number of halogens is 4. The fourth-order valence-electron chi connectivity index (χ4n) is 1.46. The molecule has 18 heavy (non-hydrogen) atoms. The molecule has 0 atom stereocenters. The number of pyridine rings is 1. The van der Waals surface area contributed by atoms with Gasteiger partial charge in [0.05, 0.1) is 22.2 Å². The van der Waals surface area contributed by atoms with Crippen LogP contribution in [0.2, 0.25) is 20.1 Å². The van der Waals surface area contributed by atoms with Crippen LogP contribution in [0.5, 0.6) is 5.88 Å². The van der Waals surface area contributed by atoms with Gasteiger partial charge in [0, 0.05) is 11.8 Å². The lowest BCUT2D eigenvalue weighted by Gasteiger charge is -2.07. The standard InChI is InChI=1S/C12H7Cl4NO/c1-18-12-10(15)4-7(5-17-12)6-2-8(13)11(16)9(14)3-6/h2-5H,1H3. The van der Waals surface area contributed by atoms with Crippen molar-refractivity contribution in [3.63, 3.8) is 0 Å². The maximum atomic E-state index is 6.01. The van der Waals surface area contributed by atoms with E-state index in [1.54, 1.807) is 24.4 Å².